The first-order valence-electron chi connectivity index (χ1n) is 13.5. The summed E-state index contributed by atoms with van der Waals surface area (Å²) in [6, 6.07) is 25.9. The average Bonchev–Trinajstić information content (AvgIpc) is 3.52. The Hall–Kier alpha value is -3.87. The van der Waals surface area contributed by atoms with Crippen molar-refractivity contribution in [1.29, 1.82) is 0 Å². The van der Waals surface area contributed by atoms with Gasteiger partial charge in [-0.2, -0.15) is 4.31 Å². The van der Waals surface area contributed by atoms with Crippen molar-refractivity contribution in [2.24, 2.45) is 0 Å². The zero-order valence-corrected chi connectivity index (χ0v) is 23.8. The minimum Gasteiger partial charge on any atom is -0.459 e. The van der Waals surface area contributed by atoms with E-state index in [1.54, 1.807) is 86.6 Å². The molecule has 42 heavy (non-hydrogen) atoms. The zero-order chi connectivity index (χ0) is 29.5. The third-order valence-corrected chi connectivity index (χ3v) is 9.11. The monoisotopic (exact) mass is 590 g/mol. The molecule has 218 valence electrons. The Labute approximate surface area is 243 Å². The van der Waals surface area contributed by atoms with E-state index >= 15 is 0 Å². The minimum atomic E-state index is -4.15. The summed E-state index contributed by atoms with van der Waals surface area (Å²) in [5, 5.41) is 3.86. The standard InChI is InChI=1S/C31H30N2O8S/c1-30(2)40-26-29(41-30)39-25(19-38-28(35)23-16-10-5-11-17-23)31(26)24(32-27(34)22-14-8-4-9-15-22)20-42(36,37)33(31)18-21-12-6-3-7-13-21/h3-17,20,25-26,29H,18-19H2,1-2H3,(H,32,34)/t25-,26+,29-,31-/m1/s1. The third-order valence-electron chi connectivity index (χ3n) is 7.53. The number of hydrogen-bond acceptors (Lipinski definition) is 8. The highest BCUT2D eigenvalue weighted by atomic mass is 32.2. The highest BCUT2D eigenvalue weighted by molar-refractivity contribution is 7.92. The van der Waals surface area contributed by atoms with Gasteiger partial charge in [-0.25, -0.2) is 13.2 Å². The van der Waals surface area contributed by atoms with Gasteiger partial charge in [0.25, 0.3) is 5.91 Å². The van der Waals surface area contributed by atoms with Crippen molar-refractivity contribution in [2.45, 2.75) is 50.2 Å². The summed E-state index contributed by atoms with van der Waals surface area (Å²) >= 11 is 0. The van der Waals surface area contributed by atoms with Crippen molar-refractivity contribution in [3.8, 4) is 0 Å². The van der Waals surface area contributed by atoms with Crippen molar-refractivity contribution in [1.82, 2.24) is 9.62 Å². The normalized spacial score (nSPS) is 27.4. The number of carbonyl (C=O) groups excluding carboxylic acids is 2. The summed E-state index contributed by atoms with van der Waals surface area (Å²) < 4.78 is 53.5. The Morgan fingerprint density at radius 2 is 1.48 bits per heavy atom. The molecule has 0 radical (unpaired) electrons. The van der Waals surface area contributed by atoms with Crippen LogP contribution in [0.2, 0.25) is 0 Å². The lowest BCUT2D eigenvalue weighted by molar-refractivity contribution is -0.218. The number of ether oxygens (including phenoxy) is 4. The molecule has 0 aliphatic carbocycles. The van der Waals surface area contributed by atoms with E-state index in [1.165, 1.54) is 4.31 Å². The molecule has 2 fully saturated rings. The lowest BCUT2D eigenvalue weighted by Gasteiger charge is -2.42. The predicted octanol–water partition coefficient (Wildman–Crippen LogP) is 3.58. The van der Waals surface area contributed by atoms with Gasteiger partial charge in [0, 0.05) is 12.1 Å². The van der Waals surface area contributed by atoms with Gasteiger partial charge in [0.1, 0.15) is 24.4 Å². The zero-order valence-electron chi connectivity index (χ0n) is 23.0. The molecule has 11 heteroatoms. The number of esters is 1. The van der Waals surface area contributed by atoms with Gasteiger partial charge >= 0.3 is 5.97 Å². The van der Waals surface area contributed by atoms with Gasteiger partial charge in [-0.05, 0) is 43.7 Å². The Kier molecular flexibility index (Phi) is 7.24. The molecule has 3 aromatic carbocycles. The molecule has 0 unspecified atom stereocenters. The molecule has 1 amide bonds. The molecule has 2 saturated heterocycles. The number of nitrogens with one attached hydrogen (secondary N) is 1. The van der Waals surface area contributed by atoms with Gasteiger partial charge in [-0.3, -0.25) is 4.79 Å². The molecule has 0 saturated carbocycles. The van der Waals surface area contributed by atoms with Crippen molar-refractivity contribution in [2.75, 3.05) is 6.61 Å². The molecule has 10 nitrogen and oxygen atoms in total. The summed E-state index contributed by atoms with van der Waals surface area (Å²) in [5.41, 5.74) is -0.243. The average molecular weight is 591 g/mol. The van der Waals surface area contributed by atoms with Crippen LogP contribution in [0.3, 0.4) is 0 Å². The van der Waals surface area contributed by atoms with E-state index in [-0.39, 0.29) is 18.8 Å². The number of benzene rings is 3. The largest absolute Gasteiger partial charge is 0.459 e. The highest BCUT2D eigenvalue weighted by Gasteiger charge is 2.72. The maximum atomic E-state index is 13.9. The quantitative estimate of drug-likeness (QED) is 0.415. The number of nitrogens with zero attached hydrogens (tertiary/aromatic N) is 1. The summed E-state index contributed by atoms with van der Waals surface area (Å²) in [6.45, 7) is 2.99. The van der Waals surface area contributed by atoms with E-state index in [9.17, 15) is 18.0 Å². The van der Waals surface area contributed by atoms with E-state index in [0.29, 0.717) is 16.7 Å². The van der Waals surface area contributed by atoms with Crippen molar-refractivity contribution in [3.05, 3.63) is 119 Å². The summed E-state index contributed by atoms with van der Waals surface area (Å²) in [7, 11) is -4.15. The first kappa shape index (κ1) is 28.3. The van der Waals surface area contributed by atoms with Crippen LogP contribution >= 0.6 is 0 Å². The van der Waals surface area contributed by atoms with Gasteiger partial charge in [-0.15, -0.1) is 0 Å². The summed E-state index contributed by atoms with van der Waals surface area (Å²) in [6.07, 6.45) is -3.11. The van der Waals surface area contributed by atoms with Gasteiger partial charge in [-0.1, -0.05) is 66.7 Å². The minimum absolute atomic E-state index is 0.0434. The van der Waals surface area contributed by atoms with Crippen LogP contribution < -0.4 is 5.32 Å². The van der Waals surface area contributed by atoms with Gasteiger partial charge < -0.3 is 24.3 Å². The third kappa shape index (κ3) is 5.03. The second kappa shape index (κ2) is 10.8. The fraction of sp³-hybridized carbons (Fsp3) is 0.290. The van der Waals surface area contributed by atoms with Crippen LogP contribution in [-0.4, -0.2) is 61.0 Å². The molecule has 4 atom stereocenters. The van der Waals surface area contributed by atoms with Crippen LogP contribution in [0.25, 0.3) is 0 Å². The number of hydrogen-bond donors (Lipinski definition) is 1. The van der Waals surface area contributed by atoms with Crippen LogP contribution in [0, 0.1) is 0 Å². The highest BCUT2D eigenvalue weighted by Crippen LogP contribution is 2.53. The summed E-state index contributed by atoms with van der Waals surface area (Å²) in [5.74, 6) is -2.24. The van der Waals surface area contributed by atoms with Gasteiger partial charge in [0.2, 0.25) is 10.0 Å². The van der Waals surface area contributed by atoms with Crippen molar-refractivity contribution >= 4 is 21.9 Å². The fourth-order valence-corrected chi connectivity index (χ4v) is 7.46. The molecule has 3 heterocycles. The molecule has 3 aromatic rings. The SMILES string of the molecule is CC1(C)O[C@H]2O[C@H](COC(=O)c3ccccc3)[C@]3(C(NC(=O)c4ccccc4)=CS(=O)(=O)N3Cc3ccccc3)[C@H]2O1. The molecule has 3 aliphatic rings. The van der Waals surface area contributed by atoms with Crippen LogP contribution in [0.5, 0.6) is 0 Å². The lowest BCUT2D eigenvalue weighted by Crippen LogP contribution is -2.63. The van der Waals surface area contributed by atoms with Crippen LogP contribution in [-0.2, 0) is 35.5 Å². The molecule has 3 aliphatic heterocycles. The Bertz CT molecular complexity index is 1610. The molecule has 1 N–H and O–H groups in total. The summed E-state index contributed by atoms with van der Waals surface area (Å²) in [4.78, 5) is 26.4. The van der Waals surface area contributed by atoms with Gasteiger partial charge in [0.15, 0.2) is 12.1 Å². The Morgan fingerprint density at radius 3 is 2.12 bits per heavy atom. The second-order valence-electron chi connectivity index (χ2n) is 10.7. The van der Waals surface area contributed by atoms with E-state index in [4.69, 9.17) is 18.9 Å². The van der Waals surface area contributed by atoms with Crippen LogP contribution in [0.15, 0.2) is 102 Å². The smallest absolute Gasteiger partial charge is 0.338 e. The topological polar surface area (TPSA) is 120 Å². The van der Waals surface area contributed by atoms with Crippen molar-refractivity contribution in [3.63, 3.8) is 0 Å². The predicted molar refractivity (Wildman–Crippen MR) is 151 cm³/mol. The lowest BCUT2D eigenvalue weighted by atomic mass is 9.84. The number of amides is 1. The van der Waals surface area contributed by atoms with Gasteiger partial charge in [0.05, 0.1) is 16.7 Å². The molecule has 1 spiro atoms. The Morgan fingerprint density at radius 1 is 0.881 bits per heavy atom. The maximum Gasteiger partial charge on any atom is 0.338 e. The number of rotatable bonds is 7. The molecule has 0 bridgehead atoms. The second-order valence-corrected chi connectivity index (χ2v) is 12.4. The number of fused-ring (bicyclic) bond motifs is 2. The first-order chi connectivity index (χ1) is 20.1. The molecular weight excluding hydrogens is 560 g/mol. The van der Waals surface area contributed by atoms with E-state index in [2.05, 4.69) is 5.32 Å². The maximum absolute atomic E-state index is 13.9. The van der Waals surface area contributed by atoms with E-state index in [1.807, 2.05) is 18.2 Å². The molecular formula is C31H30N2O8S. The van der Waals surface area contributed by atoms with E-state index < -0.39 is 51.7 Å². The molecule has 0 aromatic heterocycles. The Balaban J connectivity index is 1.44. The first-order valence-corrected chi connectivity index (χ1v) is 15.0. The van der Waals surface area contributed by atoms with Crippen LogP contribution in [0.4, 0.5) is 0 Å². The number of sulfonamides is 1. The van der Waals surface area contributed by atoms with Crippen LogP contribution in [0.1, 0.15) is 40.1 Å². The van der Waals surface area contributed by atoms with E-state index in [0.717, 1.165) is 5.41 Å². The molecule has 6 rings (SSSR count). The fourth-order valence-electron chi connectivity index (χ4n) is 5.72. The van der Waals surface area contributed by atoms with Crippen molar-refractivity contribution < 1.29 is 37.0 Å². The number of carbonyl (C=O) groups is 2.